The van der Waals surface area contributed by atoms with Crippen LogP contribution in [0.1, 0.15) is 18.0 Å². The van der Waals surface area contributed by atoms with Crippen molar-refractivity contribution in [2.24, 2.45) is 7.05 Å². The van der Waals surface area contributed by atoms with E-state index in [1.807, 2.05) is 57.4 Å². The van der Waals surface area contributed by atoms with Gasteiger partial charge in [-0.25, -0.2) is 0 Å². The lowest BCUT2D eigenvalue weighted by atomic mass is 10.0. The molecule has 5 aromatic rings. The van der Waals surface area contributed by atoms with Crippen LogP contribution in [0.2, 0.25) is 0 Å². The molecule has 0 atom stereocenters. The predicted molar refractivity (Wildman–Crippen MR) is 129 cm³/mol. The highest BCUT2D eigenvalue weighted by molar-refractivity contribution is 5.88. The zero-order valence-electron chi connectivity index (χ0n) is 21.4. The first-order chi connectivity index (χ1) is 17.1. The molecule has 0 unspecified atom stereocenters. The van der Waals surface area contributed by atoms with Crippen LogP contribution in [-0.2, 0) is 7.05 Å². The van der Waals surface area contributed by atoms with Gasteiger partial charge in [0.15, 0.2) is 5.65 Å². The molecule has 0 fully saturated rings. The summed E-state index contributed by atoms with van der Waals surface area (Å²) in [4.78, 5) is 18.5. The molecule has 7 heteroatoms. The Morgan fingerprint density at radius 3 is 2.58 bits per heavy atom. The highest BCUT2D eigenvalue weighted by atomic mass is 16.5. The second-order valence-electron chi connectivity index (χ2n) is 8.10. The van der Waals surface area contributed by atoms with Gasteiger partial charge in [0, 0.05) is 35.6 Å². The van der Waals surface area contributed by atoms with Gasteiger partial charge in [0.1, 0.15) is 5.75 Å². The maximum Gasteiger partial charge on any atom is 0.264 e. The van der Waals surface area contributed by atoms with Crippen LogP contribution in [0.3, 0.4) is 0 Å². The Morgan fingerprint density at radius 1 is 1.00 bits per heavy atom. The fourth-order valence-electron chi connectivity index (χ4n) is 3.90. The molecule has 0 aliphatic rings. The van der Waals surface area contributed by atoms with E-state index in [1.54, 1.807) is 22.9 Å². The van der Waals surface area contributed by atoms with Gasteiger partial charge in [-0.2, -0.15) is 10.1 Å². The molecule has 0 spiro atoms. The van der Waals surface area contributed by atoms with Gasteiger partial charge in [-0.1, -0.05) is 6.07 Å². The molecule has 0 aliphatic heterocycles. The molecule has 0 saturated heterocycles. The molecule has 3 heterocycles. The number of rotatable bonds is 5. The quantitative estimate of drug-likeness (QED) is 0.393. The predicted octanol–water partition coefficient (Wildman–Crippen LogP) is 4.74. The number of hydrogen-bond donors (Lipinski definition) is 0. The first kappa shape index (κ1) is 17.4. The first-order valence-electron chi connectivity index (χ1n) is 12.0. The summed E-state index contributed by atoms with van der Waals surface area (Å²) >= 11 is 0. The monoisotopic (exact) mass is 443 g/mol. The first-order valence-corrected chi connectivity index (χ1v) is 10.5. The second-order valence-corrected chi connectivity index (χ2v) is 8.10. The van der Waals surface area contributed by atoms with Crippen LogP contribution in [0.25, 0.3) is 38.8 Å². The molecule has 33 heavy (non-hydrogen) atoms. The van der Waals surface area contributed by atoms with Crippen molar-refractivity contribution in [3.63, 3.8) is 0 Å². The van der Waals surface area contributed by atoms with Crippen LogP contribution in [0, 0.1) is 0 Å². The number of ether oxygens (including phenoxy) is 2. The van der Waals surface area contributed by atoms with Crippen molar-refractivity contribution in [3.8, 4) is 28.4 Å². The van der Waals surface area contributed by atoms with E-state index >= 15 is 0 Å². The summed E-state index contributed by atoms with van der Waals surface area (Å²) in [6.45, 7) is 3.81. The van der Waals surface area contributed by atoms with Crippen LogP contribution in [0.4, 0.5) is 0 Å². The number of fused-ring (bicyclic) bond motifs is 2. The standard InChI is InChI=1S/C26H24N4O3/c1-16(2)33-24-12-6-18-14-22(17-5-11-23-19(13-17)15-29(3)28-23)26(31)30(25(18)27-24)20-7-9-21(32-4)10-8-20/h5-16H,1-4H3/i4D3. The number of aryl methyl sites for hydroxylation is 1. The summed E-state index contributed by atoms with van der Waals surface area (Å²) in [5.74, 6) is 0.573. The molecule has 0 bridgehead atoms. The third kappa shape index (κ3) is 3.82. The summed E-state index contributed by atoms with van der Waals surface area (Å²) in [7, 11) is -0.717. The van der Waals surface area contributed by atoms with Crippen molar-refractivity contribution < 1.29 is 13.6 Å². The van der Waals surface area contributed by atoms with Gasteiger partial charge in [0.25, 0.3) is 5.56 Å². The number of benzene rings is 2. The molecular weight excluding hydrogens is 416 g/mol. The lowest BCUT2D eigenvalue weighted by molar-refractivity contribution is 0.233. The Bertz CT molecular complexity index is 1640. The van der Waals surface area contributed by atoms with E-state index in [1.165, 1.54) is 16.7 Å². The van der Waals surface area contributed by atoms with E-state index < -0.39 is 7.04 Å². The van der Waals surface area contributed by atoms with Crippen molar-refractivity contribution in [1.82, 2.24) is 19.3 Å². The van der Waals surface area contributed by atoms with Crippen molar-refractivity contribution in [2.75, 3.05) is 7.04 Å². The smallest absolute Gasteiger partial charge is 0.264 e. The van der Waals surface area contributed by atoms with Gasteiger partial charge >= 0.3 is 0 Å². The summed E-state index contributed by atoms with van der Waals surface area (Å²) in [6, 6.07) is 17.5. The zero-order valence-corrected chi connectivity index (χ0v) is 18.4. The zero-order chi connectivity index (χ0) is 25.6. The van der Waals surface area contributed by atoms with E-state index in [2.05, 4.69) is 10.1 Å². The summed E-state index contributed by atoms with van der Waals surface area (Å²) in [5.41, 5.74) is 2.75. The Kier molecular flexibility index (Phi) is 4.27. The Hall–Kier alpha value is -4.13. The third-order valence-electron chi connectivity index (χ3n) is 5.32. The third-order valence-corrected chi connectivity index (χ3v) is 5.32. The van der Waals surface area contributed by atoms with E-state index in [0.29, 0.717) is 22.8 Å². The topological polar surface area (TPSA) is 71.2 Å². The molecule has 166 valence electrons. The van der Waals surface area contributed by atoms with Gasteiger partial charge < -0.3 is 9.47 Å². The van der Waals surface area contributed by atoms with E-state index in [9.17, 15) is 4.79 Å². The molecule has 7 nitrogen and oxygen atoms in total. The molecule has 2 aromatic carbocycles. The van der Waals surface area contributed by atoms with Gasteiger partial charge in [0.05, 0.1) is 28.5 Å². The molecule has 3 aromatic heterocycles. The molecule has 0 N–H and O–H groups in total. The highest BCUT2D eigenvalue weighted by Crippen LogP contribution is 2.27. The summed E-state index contributed by atoms with van der Waals surface area (Å²) in [5, 5.41) is 6.08. The van der Waals surface area contributed by atoms with Gasteiger partial charge in [-0.3, -0.25) is 14.0 Å². The number of pyridine rings is 2. The maximum absolute atomic E-state index is 13.9. The lowest BCUT2D eigenvalue weighted by Crippen LogP contribution is -2.21. The molecule has 0 amide bonds. The normalized spacial score (nSPS) is 13.2. The second kappa shape index (κ2) is 8.09. The highest BCUT2D eigenvalue weighted by Gasteiger charge is 2.16. The Balaban J connectivity index is 1.72. The average Bonchev–Trinajstić information content (AvgIpc) is 3.17. The SMILES string of the molecule is [2H]C([2H])([2H])Oc1ccc(-n2c(=O)c(-c3ccc4nn(C)cc4c3)cc3ccc(OC(C)C)nc32)cc1. The number of methoxy groups -OCH3 is 1. The number of hydrogen-bond acceptors (Lipinski definition) is 5. The maximum atomic E-state index is 13.9. The van der Waals surface area contributed by atoms with Gasteiger partial charge in [-0.15, -0.1) is 0 Å². The molecule has 0 radical (unpaired) electrons. The van der Waals surface area contributed by atoms with Crippen LogP contribution in [-0.4, -0.2) is 32.5 Å². The van der Waals surface area contributed by atoms with Crippen molar-refractivity contribution >= 4 is 21.9 Å². The minimum atomic E-state index is -2.57. The minimum Gasteiger partial charge on any atom is -0.497 e. The van der Waals surface area contributed by atoms with E-state index in [-0.39, 0.29) is 17.4 Å². The number of nitrogens with zero attached hydrogens (tertiary/aromatic N) is 4. The van der Waals surface area contributed by atoms with Crippen molar-refractivity contribution in [1.29, 1.82) is 0 Å². The largest absolute Gasteiger partial charge is 0.497 e. The van der Waals surface area contributed by atoms with Crippen LogP contribution in [0.5, 0.6) is 11.6 Å². The molecule has 0 saturated carbocycles. The van der Waals surface area contributed by atoms with Crippen LogP contribution in [0.15, 0.2) is 71.7 Å². The van der Waals surface area contributed by atoms with E-state index in [0.717, 1.165) is 21.9 Å². The average molecular weight is 444 g/mol. The van der Waals surface area contributed by atoms with E-state index in [4.69, 9.17) is 13.6 Å². The fraction of sp³-hybridized carbons (Fsp3) is 0.192. The van der Waals surface area contributed by atoms with Crippen molar-refractivity contribution in [3.05, 3.63) is 77.2 Å². The molecule has 0 aliphatic carbocycles. The van der Waals surface area contributed by atoms with Gasteiger partial charge in [0.2, 0.25) is 5.88 Å². The Labute approximate surface area is 195 Å². The molecular formula is C26H24N4O3. The number of aromatic nitrogens is 4. The van der Waals surface area contributed by atoms with Gasteiger partial charge in [-0.05, 0) is 67.9 Å². The molecule has 5 rings (SSSR count). The lowest BCUT2D eigenvalue weighted by Gasteiger charge is -2.15. The minimum absolute atomic E-state index is 0.0862. The summed E-state index contributed by atoms with van der Waals surface area (Å²) < 4.78 is 35.9. The fourth-order valence-corrected chi connectivity index (χ4v) is 3.90. The Morgan fingerprint density at radius 2 is 1.82 bits per heavy atom. The van der Waals surface area contributed by atoms with Crippen molar-refractivity contribution in [2.45, 2.75) is 20.0 Å². The van der Waals surface area contributed by atoms with Crippen LogP contribution < -0.4 is 15.0 Å². The summed E-state index contributed by atoms with van der Waals surface area (Å²) in [6.07, 6.45) is 1.82. The van der Waals surface area contributed by atoms with Crippen LogP contribution >= 0.6 is 0 Å².